The molecule has 0 spiro atoms. The molecule has 1 N–H and O–H groups in total. The molecule has 2 heterocycles. The second kappa shape index (κ2) is 7.81. The molecule has 2 amide bonds. The maximum absolute atomic E-state index is 12.5. The lowest BCUT2D eigenvalue weighted by molar-refractivity contribution is -0.123. The van der Waals surface area contributed by atoms with Crippen molar-refractivity contribution in [3.63, 3.8) is 0 Å². The highest BCUT2D eigenvalue weighted by molar-refractivity contribution is 8.26. The highest BCUT2D eigenvalue weighted by Gasteiger charge is 2.33. The number of carbonyl (C=O) groups excluding carboxylic acids is 2. The van der Waals surface area contributed by atoms with Crippen LogP contribution in [-0.4, -0.2) is 27.8 Å². The standard InChI is InChI=1S/C17H14N2O3S3/c1-2-22-12-7-5-11(6-8-12)10-14-16(21)19(17(23)25-14)18-15(20)13-4-3-9-24-13/h3-10H,2H2,1H3,(H,18,20). The van der Waals surface area contributed by atoms with E-state index < -0.39 is 0 Å². The second-order valence-corrected chi connectivity index (χ2v) is 7.56. The summed E-state index contributed by atoms with van der Waals surface area (Å²) in [7, 11) is 0. The SMILES string of the molecule is CCOc1ccc(C=C2SC(=S)N(NC(=O)c3cccs3)C2=O)cc1. The first kappa shape index (κ1) is 17.7. The predicted molar refractivity (Wildman–Crippen MR) is 104 cm³/mol. The first-order valence-corrected chi connectivity index (χ1v) is 9.54. The lowest BCUT2D eigenvalue weighted by atomic mass is 10.2. The fraction of sp³-hybridized carbons (Fsp3) is 0.118. The van der Waals surface area contributed by atoms with Gasteiger partial charge in [-0.15, -0.1) is 11.3 Å². The summed E-state index contributed by atoms with van der Waals surface area (Å²) in [4.78, 5) is 25.6. The molecule has 1 aromatic heterocycles. The highest BCUT2D eigenvalue weighted by Crippen LogP contribution is 2.31. The number of thiophene rings is 1. The molecule has 1 aliphatic rings. The molecule has 0 aliphatic carbocycles. The van der Waals surface area contributed by atoms with Crippen molar-refractivity contribution in [1.82, 2.24) is 10.4 Å². The molecular weight excluding hydrogens is 376 g/mol. The van der Waals surface area contributed by atoms with Crippen molar-refractivity contribution in [3.8, 4) is 5.75 Å². The third-order valence-electron chi connectivity index (χ3n) is 3.24. The van der Waals surface area contributed by atoms with Gasteiger partial charge in [0.2, 0.25) is 0 Å². The van der Waals surface area contributed by atoms with E-state index in [1.807, 2.05) is 31.2 Å². The van der Waals surface area contributed by atoms with E-state index in [0.29, 0.717) is 20.7 Å². The van der Waals surface area contributed by atoms with Crippen LogP contribution in [0.25, 0.3) is 6.08 Å². The van der Waals surface area contributed by atoms with Gasteiger partial charge in [0.1, 0.15) is 5.75 Å². The van der Waals surface area contributed by atoms with E-state index in [-0.39, 0.29) is 11.8 Å². The summed E-state index contributed by atoms with van der Waals surface area (Å²) in [6.45, 7) is 2.52. The Labute approximate surface area is 158 Å². The van der Waals surface area contributed by atoms with Crippen molar-refractivity contribution >= 4 is 57.5 Å². The van der Waals surface area contributed by atoms with Crippen LogP contribution >= 0.6 is 35.3 Å². The molecule has 8 heteroatoms. The number of amides is 2. The number of carbonyl (C=O) groups is 2. The van der Waals surface area contributed by atoms with Gasteiger partial charge in [-0.3, -0.25) is 15.0 Å². The Bertz CT molecular complexity index is 829. The first-order valence-electron chi connectivity index (χ1n) is 7.44. The quantitative estimate of drug-likeness (QED) is 0.623. The van der Waals surface area contributed by atoms with Gasteiger partial charge in [-0.05, 0) is 54.4 Å². The van der Waals surface area contributed by atoms with Crippen LogP contribution in [0.5, 0.6) is 5.75 Å². The van der Waals surface area contributed by atoms with Crippen LogP contribution < -0.4 is 10.2 Å². The van der Waals surface area contributed by atoms with Crippen LogP contribution in [0.3, 0.4) is 0 Å². The molecule has 25 heavy (non-hydrogen) atoms. The zero-order chi connectivity index (χ0) is 17.8. The Morgan fingerprint density at radius 2 is 2.08 bits per heavy atom. The van der Waals surface area contributed by atoms with Gasteiger partial charge >= 0.3 is 0 Å². The number of benzene rings is 1. The molecule has 1 aliphatic heterocycles. The van der Waals surface area contributed by atoms with Crippen molar-refractivity contribution in [2.75, 3.05) is 6.61 Å². The average molecular weight is 391 g/mol. The minimum absolute atomic E-state index is 0.298. The van der Waals surface area contributed by atoms with E-state index >= 15 is 0 Å². The summed E-state index contributed by atoms with van der Waals surface area (Å²) in [5.41, 5.74) is 3.41. The van der Waals surface area contributed by atoms with Gasteiger partial charge in [0.25, 0.3) is 11.8 Å². The summed E-state index contributed by atoms with van der Waals surface area (Å²) >= 11 is 7.67. The van der Waals surface area contributed by atoms with Crippen LogP contribution in [0, 0.1) is 0 Å². The number of nitrogens with zero attached hydrogens (tertiary/aromatic N) is 1. The Morgan fingerprint density at radius 1 is 1.32 bits per heavy atom. The molecule has 1 saturated heterocycles. The maximum atomic E-state index is 12.5. The van der Waals surface area contributed by atoms with Crippen molar-refractivity contribution in [2.45, 2.75) is 6.92 Å². The fourth-order valence-corrected chi connectivity index (χ4v) is 3.90. The van der Waals surface area contributed by atoms with Crippen molar-refractivity contribution in [1.29, 1.82) is 0 Å². The average Bonchev–Trinajstić information content (AvgIpc) is 3.22. The minimum Gasteiger partial charge on any atom is -0.494 e. The summed E-state index contributed by atoms with van der Waals surface area (Å²) in [6.07, 6.45) is 1.74. The molecule has 128 valence electrons. The molecule has 1 aromatic carbocycles. The number of hydrazine groups is 1. The molecule has 5 nitrogen and oxygen atoms in total. The zero-order valence-corrected chi connectivity index (χ0v) is 15.7. The van der Waals surface area contributed by atoms with Gasteiger partial charge in [0.15, 0.2) is 4.32 Å². The van der Waals surface area contributed by atoms with Crippen molar-refractivity contribution in [3.05, 3.63) is 57.1 Å². The zero-order valence-electron chi connectivity index (χ0n) is 13.2. The van der Waals surface area contributed by atoms with E-state index in [2.05, 4.69) is 5.43 Å². The van der Waals surface area contributed by atoms with Crippen molar-refractivity contribution in [2.24, 2.45) is 0 Å². The molecule has 0 radical (unpaired) electrons. The third-order valence-corrected chi connectivity index (χ3v) is 5.41. The molecule has 0 atom stereocenters. The summed E-state index contributed by atoms with van der Waals surface area (Å²) < 4.78 is 5.70. The van der Waals surface area contributed by atoms with E-state index in [1.54, 1.807) is 23.6 Å². The molecule has 0 bridgehead atoms. The molecule has 1 fully saturated rings. The highest BCUT2D eigenvalue weighted by atomic mass is 32.2. The monoisotopic (exact) mass is 390 g/mol. The molecule has 0 saturated carbocycles. The van der Waals surface area contributed by atoms with E-state index in [9.17, 15) is 9.59 Å². The Hall–Kier alpha value is -2.16. The smallest absolute Gasteiger partial charge is 0.285 e. The Kier molecular flexibility index (Phi) is 5.52. The van der Waals surface area contributed by atoms with Crippen molar-refractivity contribution < 1.29 is 14.3 Å². The van der Waals surface area contributed by atoms with Crippen LogP contribution in [0.2, 0.25) is 0 Å². The number of hydrogen-bond donors (Lipinski definition) is 1. The topological polar surface area (TPSA) is 58.6 Å². The van der Waals surface area contributed by atoms with Gasteiger partial charge in [0, 0.05) is 0 Å². The number of thiocarbonyl (C=S) groups is 1. The largest absolute Gasteiger partial charge is 0.494 e. The van der Waals surface area contributed by atoms with Crippen LogP contribution in [0.1, 0.15) is 22.2 Å². The van der Waals surface area contributed by atoms with E-state index in [1.165, 1.54) is 11.3 Å². The van der Waals surface area contributed by atoms with Gasteiger partial charge in [-0.25, -0.2) is 0 Å². The van der Waals surface area contributed by atoms with E-state index in [0.717, 1.165) is 28.1 Å². The Morgan fingerprint density at radius 3 is 2.72 bits per heavy atom. The summed E-state index contributed by atoms with van der Waals surface area (Å²) in [6, 6.07) is 10.9. The van der Waals surface area contributed by atoms with Crippen LogP contribution in [0.4, 0.5) is 0 Å². The molecule has 0 unspecified atom stereocenters. The lowest BCUT2D eigenvalue weighted by Crippen LogP contribution is -2.44. The third kappa shape index (κ3) is 4.09. The second-order valence-electron chi connectivity index (χ2n) is 4.94. The summed E-state index contributed by atoms with van der Waals surface area (Å²) in [5.74, 6) is 0.0813. The molecule has 3 rings (SSSR count). The number of nitrogens with one attached hydrogen (secondary N) is 1. The summed E-state index contributed by atoms with van der Waals surface area (Å²) in [5, 5.41) is 2.91. The number of hydrogen-bond acceptors (Lipinski definition) is 6. The lowest BCUT2D eigenvalue weighted by Gasteiger charge is -2.14. The normalized spacial score (nSPS) is 15.7. The minimum atomic E-state index is -0.353. The van der Waals surface area contributed by atoms with Gasteiger partial charge in [-0.1, -0.05) is 30.0 Å². The van der Waals surface area contributed by atoms with E-state index in [4.69, 9.17) is 17.0 Å². The van der Waals surface area contributed by atoms with Crippen LogP contribution in [-0.2, 0) is 4.79 Å². The molecule has 2 aromatic rings. The fourth-order valence-electron chi connectivity index (χ4n) is 2.11. The first-order chi connectivity index (χ1) is 12.1. The number of rotatable bonds is 5. The number of ether oxygens (including phenoxy) is 1. The van der Waals surface area contributed by atoms with Gasteiger partial charge < -0.3 is 4.74 Å². The Balaban J connectivity index is 1.73. The van der Waals surface area contributed by atoms with Gasteiger partial charge in [-0.2, -0.15) is 5.01 Å². The predicted octanol–water partition coefficient (Wildman–Crippen LogP) is 3.69. The van der Waals surface area contributed by atoms with Crippen LogP contribution in [0.15, 0.2) is 46.7 Å². The molecular formula is C17H14N2O3S3. The van der Waals surface area contributed by atoms with Gasteiger partial charge in [0.05, 0.1) is 16.4 Å². The maximum Gasteiger partial charge on any atom is 0.285 e. The number of thioether (sulfide) groups is 1.